The van der Waals surface area contributed by atoms with Crippen LogP contribution in [0.1, 0.15) is 19.3 Å². The van der Waals surface area contributed by atoms with Gasteiger partial charge < -0.3 is 15.4 Å². The van der Waals surface area contributed by atoms with E-state index in [1.807, 2.05) is 4.90 Å². The molecule has 2 atom stereocenters. The predicted molar refractivity (Wildman–Crippen MR) is 43.7 cm³/mol. The van der Waals surface area contributed by atoms with E-state index >= 15 is 0 Å². The molecule has 0 aliphatic carbocycles. The number of nitrogens with zero attached hydrogens (tertiary/aromatic N) is 1. The lowest BCUT2D eigenvalue weighted by atomic mass is 9.99. The van der Waals surface area contributed by atoms with Gasteiger partial charge in [-0.15, -0.1) is 0 Å². The summed E-state index contributed by atoms with van der Waals surface area (Å²) in [6.07, 6.45) is 3.11. The van der Waals surface area contributed by atoms with Crippen molar-refractivity contribution in [3.63, 3.8) is 0 Å². The van der Waals surface area contributed by atoms with Gasteiger partial charge in [0.05, 0.1) is 6.04 Å². The number of carbonyl (C=O) groups is 1. The minimum absolute atomic E-state index is 0.0576. The number of carbonyl (C=O) groups excluding carboxylic acids is 1. The van der Waals surface area contributed by atoms with Crippen molar-refractivity contribution in [1.29, 1.82) is 0 Å². The van der Waals surface area contributed by atoms with E-state index in [4.69, 9.17) is 10.5 Å². The van der Waals surface area contributed by atoms with Gasteiger partial charge in [-0.1, -0.05) is 0 Å². The maximum absolute atomic E-state index is 11.2. The van der Waals surface area contributed by atoms with Crippen LogP contribution in [0, 0.1) is 0 Å². The van der Waals surface area contributed by atoms with Gasteiger partial charge in [-0.3, -0.25) is 0 Å². The summed E-state index contributed by atoms with van der Waals surface area (Å²) in [5, 5.41) is 0. The maximum Gasteiger partial charge on any atom is 0.410 e. The number of piperidine rings is 1. The van der Waals surface area contributed by atoms with Gasteiger partial charge in [0.2, 0.25) is 0 Å². The highest BCUT2D eigenvalue weighted by Crippen LogP contribution is 2.27. The zero-order valence-electron chi connectivity index (χ0n) is 7.03. The van der Waals surface area contributed by atoms with Crippen molar-refractivity contribution in [3.05, 3.63) is 0 Å². The van der Waals surface area contributed by atoms with Gasteiger partial charge >= 0.3 is 6.09 Å². The van der Waals surface area contributed by atoms with Crippen LogP contribution in [-0.4, -0.2) is 36.2 Å². The number of fused-ring (bicyclic) bond motifs is 1. The molecule has 2 N–H and O–H groups in total. The van der Waals surface area contributed by atoms with Crippen molar-refractivity contribution in [2.75, 3.05) is 13.1 Å². The van der Waals surface area contributed by atoms with Crippen molar-refractivity contribution in [3.8, 4) is 0 Å². The first-order valence-corrected chi connectivity index (χ1v) is 4.50. The summed E-state index contributed by atoms with van der Waals surface area (Å²) in [6.45, 7) is 1.30. The molecule has 4 heteroatoms. The molecular formula is C8H14N2O2. The normalized spacial score (nSPS) is 34.8. The molecule has 68 valence electrons. The Morgan fingerprint density at radius 2 is 2.42 bits per heavy atom. The van der Waals surface area contributed by atoms with Gasteiger partial charge in [-0.2, -0.15) is 0 Å². The van der Waals surface area contributed by atoms with Crippen LogP contribution in [0.4, 0.5) is 4.79 Å². The zero-order chi connectivity index (χ0) is 8.55. The topological polar surface area (TPSA) is 55.6 Å². The number of amides is 1. The van der Waals surface area contributed by atoms with E-state index in [1.54, 1.807) is 0 Å². The van der Waals surface area contributed by atoms with Crippen molar-refractivity contribution in [1.82, 2.24) is 4.90 Å². The Morgan fingerprint density at radius 3 is 3.17 bits per heavy atom. The third-order valence-corrected chi connectivity index (χ3v) is 2.70. The zero-order valence-corrected chi connectivity index (χ0v) is 7.03. The number of ether oxygens (including phenoxy) is 1. The lowest BCUT2D eigenvalue weighted by Crippen LogP contribution is -2.42. The summed E-state index contributed by atoms with van der Waals surface area (Å²) in [5.41, 5.74) is 5.50. The number of nitrogens with two attached hydrogens (primary N) is 1. The van der Waals surface area contributed by atoms with Gasteiger partial charge in [0.25, 0.3) is 0 Å². The second-order valence-electron chi connectivity index (χ2n) is 3.41. The highest BCUT2D eigenvalue weighted by atomic mass is 16.6. The first-order chi connectivity index (χ1) is 5.83. The lowest BCUT2D eigenvalue weighted by molar-refractivity contribution is 0.133. The summed E-state index contributed by atoms with van der Waals surface area (Å²) < 4.78 is 5.12. The molecule has 2 unspecified atom stereocenters. The summed E-state index contributed by atoms with van der Waals surface area (Å²) in [5.74, 6) is 0. The molecule has 0 bridgehead atoms. The summed E-state index contributed by atoms with van der Waals surface area (Å²) in [7, 11) is 0. The Kier molecular flexibility index (Phi) is 1.92. The molecule has 0 aromatic carbocycles. The van der Waals surface area contributed by atoms with E-state index in [0.717, 1.165) is 19.4 Å². The molecule has 2 aliphatic rings. The molecule has 2 fully saturated rings. The van der Waals surface area contributed by atoms with E-state index in [9.17, 15) is 4.79 Å². The first kappa shape index (κ1) is 7.86. The highest BCUT2D eigenvalue weighted by molar-refractivity contribution is 5.70. The van der Waals surface area contributed by atoms with Crippen LogP contribution in [0.2, 0.25) is 0 Å². The summed E-state index contributed by atoms with van der Waals surface area (Å²) in [6, 6.07) is 0.260. The fraction of sp³-hybridized carbons (Fsp3) is 0.875. The Labute approximate surface area is 71.7 Å². The molecule has 12 heavy (non-hydrogen) atoms. The Balaban J connectivity index is 2.10. The quantitative estimate of drug-likeness (QED) is 0.616. The van der Waals surface area contributed by atoms with Gasteiger partial charge in [0, 0.05) is 13.1 Å². The SMILES string of the molecule is NCC1OC(=O)N2CCCCC12. The molecule has 2 heterocycles. The van der Waals surface area contributed by atoms with Crippen LogP contribution in [0.25, 0.3) is 0 Å². The smallest absolute Gasteiger partial charge is 0.410 e. The third-order valence-electron chi connectivity index (χ3n) is 2.70. The fourth-order valence-electron chi connectivity index (χ4n) is 2.05. The van der Waals surface area contributed by atoms with Crippen LogP contribution in [-0.2, 0) is 4.74 Å². The molecule has 0 aromatic heterocycles. The molecule has 2 saturated heterocycles. The first-order valence-electron chi connectivity index (χ1n) is 4.50. The third kappa shape index (κ3) is 1.06. The molecule has 0 aromatic rings. The second-order valence-corrected chi connectivity index (χ2v) is 3.41. The van der Waals surface area contributed by atoms with Crippen LogP contribution >= 0.6 is 0 Å². The average molecular weight is 170 g/mol. The van der Waals surface area contributed by atoms with Crippen LogP contribution in [0.3, 0.4) is 0 Å². The Bertz CT molecular complexity index is 195. The summed E-state index contributed by atoms with van der Waals surface area (Å²) >= 11 is 0. The van der Waals surface area contributed by atoms with E-state index in [0.29, 0.717) is 6.54 Å². The molecule has 0 saturated carbocycles. The molecule has 2 aliphatic heterocycles. The number of rotatable bonds is 1. The Hall–Kier alpha value is -0.770. The van der Waals surface area contributed by atoms with E-state index in [-0.39, 0.29) is 18.2 Å². The standard InChI is InChI=1S/C8H14N2O2/c9-5-7-6-3-1-2-4-10(6)8(11)12-7/h6-7H,1-5,9H2. The van der Waals surface area contributed by atoms with Crippen LogP contribution in [0.15, 0.2) is 0 Å². The monoisotopic (exact) mass is 170 g/mol. The van der Waals surface area contributed by atoms with E-state index in [2.05, 4.69) is 0 Å². The van der Waals surface area contributed by atoms with Crippen molar-refractivity contribution in [2.45, 2.75) is 31.4 Å². The van der Waals surface area contributed by atoms with Gasteiger partial charge in [-0.25, -0.2) is 4.79 Å². The van der Waals surface area contributed by atoms with Crippen molar-refractivity contribution in [2.24, 2.45) is 5.73 Å². The molecule has 4 nitrogen and oxygen atoms in total. The van der Waals surface area contributed by atoms with Crippen molar-refractivity contribution < 1.29 is 9.53 Å². The van der Waals surface area contributed by atoms with Gasteiger partial charge in [0.1, 0.15) is 6.10 Å². The number of hydrogen-bond donors (Lipinski definition) is 1. The second kappa shape index (κ2) is 2.94. The average Bonchev–Trinajstić information content (AvgIpc) is 2.44. The Morgan fingerprint density at radius 1 is 1.58 bits per heavy atom. The minimum Gasteiger partial charge on any atom is -0.443 e. The van der Waals surface area contributed by atoms with Crippen molar-refractivity contribution >= 4 is 6.09 Å². The van der Waals surface area contributed by atoms with Crippen LogP contribution < -0.4 is 5.73 Å². The summed E-state index contributed by atoms with van der Waals surface area (Å²) in [4.78, 5) is 13.0. The largest absolute Gasteiger partial charge is 0.443 e. The fourth-order valence-corrected chi connectivity index (χ4v) is 2.05. The van der Waals surface area contributed by atoms with Crippen LogP contribution in [0.5, 0.6) is 0 Å². The molecule has 0 radical (unpaired) electrons. The lowest BCUT2D eigenvalue weighted by Gasteiger charge is -2.28. The molecule has 2 rings (SSSR count). The van der Waals surface area contributed by atoms with E-state index < -0.39 is 0 Å². The number of cyclic esters (lactones) is 1. The van der Waals surface area contributed by atoms with Gasteiger partial charge in [-0.05, 0) is 19.3 Å². The predicted octanol–water partition coefficient (Wildman–Crippen LogP) is 0.318. The van der Waals surface area contributed by atoms with E-state index in [1.165, 1.54) is 6.42 Å². The molecular weight excluding hydrogens is 156 g/mol. The minimum atomic E-state index is -0.171. The molecule has 1 amide bonds. The molecule has 0 spiro atoms. The highest BCUT2D eigenvalue weighted by Gasteiger charge is 2.41. The van der Waals surface area contributed by atoms with Gasteiger partial charge in [0.15, 0.2) is 0 Å². The maximum atomic E-state index is 11.2. The number of hydrogen-bond acceptors (Lipinski definition) is 3.